The minimum Gasteiger partial charge on any atom is -0.347 e. The summed E-state index contributed by atoms with van der Waals surface area (Å²) >= 11 is 3.54. The lowest BCUT2D eigenvalue weighted by atomic mass is 10.1. The van der Waals surface area contributed by atoms with Gasteiger partial charge < -0.3 is 4.90 Å². The Morgan fingerprint density at radius 2 is 1.85 bits per heavy atom. The molecule has 5 heteroatoms. The highest BCUT2D eigenvalue weighted by molar-refractivity contribution is 8.00. The molecule has 0 amide bonds. The number of piperidine rings is 1. The number of thioether (sulfide) groups is 1. The maximum atomic E-state index is 4.48. The van der Waals surface area contributed by atoms with E-state index >= 15 is 0 Å². The van der Waals surface area contributed by atoms with Gasteiger partial charge in [0.15, 0.2) is 0 Å². The van der Waals surface area contributed by atoms with Crippen LogP contribution in [0.4, 0.5) is 5.13 Å². The van der Waals surface area contributed by atoms with Gasteiger partial charge >= 0.3 is 0 Å². The predicted molar refractivity (Wildman–Crippen MR) is 86.9 cm³/mol. The van der Waals surface area contributed by atoms with Gasteiger partial charge in [0, 0.05) is 34.8 Å². The van der Waals surface area contributed by atoms with Gasteiger partial charge in [0.25, 0.3) is 0 Å². The van der Waals surface area contributed by atoms with Crippen LogP contribution in [0.25, 0.3) is 0 Å². The quantitative estimate of drug-likeness (QED) is 0.859. The fourth-order valence-electron chi connectivity index (χ4n) is 2.39. The lowest BCUT2D eigenvalue weighted by Gasteiger charge is -2.31. The van der Waals surface area contributed by atoms with Crippen molar-refractivity contribution in [1.82, 2.24) is 9.36 Å². The van der Waals surface area contributed by atoms with Crippen molar-refractivity contribution < 1.29 is 0 Å². The van der Waals surface area contributed by atoms with E-state index in [0.29, 0.717) is 0 Å². The van der Waals surface area contributed by atoms with E-state index in [-0.39, 0.29) is 0 Å². The number of hydrogen-bond donors (Lipinski definition) is 0. The normalized spacial score (nSPS) is 16.6. The van der Waals surface area contributed by atoms with E-state index in [1.165, 1.54) is 34.8 Å². The molecular formula is C15H19N3S2. The number of nitrogens with zero attached hydrogens (tertiary/aromatic N) is 3. The summed E-state index contributed by atoms with van der Waals surface area (Å²) < 4.78 is 4.27. The first-order valence-electron chi connectivity index (χ1n) is 6.99. The number of aryl methyl sites for hydroxylation is 2. The molecule has 1 saturated heterocycles. The summed E-state index contributed by atoms with van der Waals surface area (Å²) in [6, 6.07) is 8.86. The van der Waals surface area contributed by atoms with Crippen LogP contribution in [0.3, 0.4) is 0 Å². The lowest BCUT2D eigenvalue weighted by Crippen LogP contribution is -2.34. The molecule has 0 N–H and O–H groups in total. The largest absolute Gasteiger partial charge is 0.347 e. The Hall–Kier alpha value is -1.07. The maximum Gasteiger partial charge on any atom is 0.205 e. The molecule has 2 heterocycles. The van der Waals surface area contributed by atoms with Crippen molar-refractivity contribution in [3.63, 3.8) is 0 Å². The van der Waals surface area contributed by atoms with Crippen molar-refractivity contribution in [3.8, 4) is 0 Å². The Morgan fingerprint density at radius 1 is 1.15 bits per heavy atom. The van der Waals surface area contributed by atoms with Crippen molar-refractivity contribution in [2.24, 2.45) is 0 Å². The van der Waals surface area contributed by atoms with E-state index in [1.807, 2.05) is 18.7 Å². The molecule has 0 atom stereocenters. The van der Waals surface area contributed by atoms with E-state index in [1.54, 1.807) is 0 Å². The molecule has 1 aliphatic rings. The Kier molecular flexibility index (Phi) is 4.27. The topological polar surface area (TPSA) is 29.0 Å². The van der Waals surface area contributed by atoms with Crippen LogP contribution in [0.2, 0.25) is 0 Å². The van der Waals surface area contributed by atoms with Crippen LogP contribution < -0.4 is 4.90 Å². The summed E-state index contributed by atoms with van der Waals surface area (Å²) in [5, 5.41) is 1.81. The summed E-state index contributed by atoms with van der Waals surface area (Å²) in [7, 11) is 0. The summed E-state index contributed by atoms with van der Waals surface area (Å²) in [5.41, 5.74) is 1.33. The first-order chi connectivity index (χ1) is 9.70. The minimum atomic E-state index is 0.725. The highest BCUT2D eigenvalue weighted by Crippen LogP contribution is 2.32. The molecule has 0 bridgehead atoms. The molecule has 0 aliphatic carbocycles. The van der Waals surface area contributed by atoms with Crippen LogP contribution in [-0.2, 0) is 0 Å². The number of hydrogen-bond acceptors (Lipinski definition) is 5. The van der Waals surface area contributed by atoms with Crippen LogP contribution in [0.15, 0.2) is 29.2 Å². The van der Waals surface area contributed by atoms with Gasteiger partial charge in [-0.2, -0.15) is 4.37 Å². The zero-order chi connectivity index (χ0) is 13.9. The van der Waals surface area contributed by atoms with Crippen molar-refractivity contribution in [2.75, 3.05) is 18.0 Å². The van der Waals surface area contributed by atoms with Crippen LogP contribution in [0, 0.1) is 13.8 Å². The first kappa shape index (κ1) is 13.9. The van der Waals surface area contributed by atoms with Gasteiger partial charge in [-0.15, -0.1) is 11.8 Å². The molecule has 1 aliphatic heterocycles. The zero-order valence-corrected chi connectivity index (χ0v) is 13.5. The van der Waals surface area contributed by atoms with E-state index in [9.17, 15) is 0 Å². The Morgan fingerprint density at radius 3 is 2.45 bits per heavy atom. The molecule has 1 aromatic carbocycles. The number of rotatable bonds is 3. The van der Waals surface area contributed by atoms with E-state index in [0.717, 1.165) is 29.3 Å². The highest BCUT2D eigenvalue weighted by Gasteiger charge is 2.22. The number of anilines is 1. The molecule has 0 unspecified atom stereocenters. The van der Waals surface area contributed by atoms with Gasteiger partial charge in [-0.25, -0.2) is 4.98 Å². The molecule has 3 nitrogen and oxygen atoms in total. The van der Waals surface area contributed by atoms with E-state index in [2.05, 4.69) is 45.4 Å². The Balaban J connectivity index is 1.54. The van der Waals surface area contributed by atoms with Crippen LogP contribution in [0.5, 0.6) is 0 Å². The summed E-state index contributed by atoms with van der Waals surface area (Å²) in [6.45, 7) is 6.29. The lowest BCUT2D eigenvalue weighted by molar-refractivity contribution is 0.589. The number of benzene rings is 1. The Labute approximate surface area is 128 Å². The van der Waals surface area contributed by atoms with Crippen molar-refractivity contribution in [2.45, 2.75) is 36.8 Å². The third-order valence-electron chi connectivity index (χ3n) is 3.55. The Bertz CT molecular complexity index is 557. The second-order valence-corrected chi connectivity index (χ2v) is 7.35. The fraction of sp³-hybridized carbons (Fsp3) is 0.467. The van der Waals surface area contributed by atoms with E-state index in [4.69, 9.17) is 0 Å². The zero-order valence-electron chi connectivity index (χ0n) is 11.9. The van der Waals surface area contributed by atoms with Crippen molar-refractivity contribution in [3.05, 3.63) is 35.7 Å². The average molecular weight is 305 g/mol. The maximum absolute atomic E-state index is 4.48. The standard InChI is InChI=1S/C15H19N3S2/c1-11-3-5-13(6-4-11)19-14-7-9-18(10-8-14)15-16-12(2)17-20-15/h3-6,14H,7-10H2,1-2H3. The van der Waals surface area contributed by atoms with E-state index < -0.39 is 0 Å². The van der Waals surface area contributed by atoms with Crippen LogP contribution in [-0.4, -0.2) is 27.7 Å². The monoisotopic (exact) mass is 305 g/mol. The molecule has 106 valence electrons. The predicted octanol–water partition coefficient (Wildman–Crippen LogP) is 3.92. The molecule has 0 spiro atoms. The molecule has 2 aromatic rings. The van der Waals surface area contributed by atoms with Gasteiger partial charge in [-0.3, -0.25) is 0 Å². The average Bonchev–Trinajstić information content (AvgIpc) is 2.89. The summed E-state index contributed by atoms with van der Waals surface area (Å²) in [4.78, 5) is 8.24. The highest BCUT2D eigenvalue weighted by atomic mass is 32.2. The summed E-state index contributed by atoms with van der Waals surface area (Å²) in [5.74, 6) is 0.890. The van der Waals surface area contributed by atoms with Gasteiger partial charge in [-0.1, -0.05) is 17.7 Å². The third kappa shape index (κ3) is 3.33. The third-order valence-corrected chi connectivity index (χ3v) is 5.77. The molecule has 3 rings (SSSR count). The SMILES string of the molecule is Cc1ccc(SC2CCN(c3nc(C)ns3)CC2)cc1. The molecule has 20 heavy (non-hydrogen) atoms. The van der Waals surface area contributed by atoms with Gasteiger partial charge in [0.2, 0.25) is 5.13 Å². The van der Waals surface area contributed by atoms with Gasteiger partial charge in [0.1, 0.15) is 5.82 Å². The molecule has 0 saturated carbocycles. The molecule has 1 fully saturated rings. The second kappa shape index (κ2) is 6.14. The van der Waals surface area contributed by atoms with Crippen LogP contribution >= 0.6 is 23.3 Å². The van der Waals surface area contributed by atoms with Gasteiger partial charge in [-0.05, 0) is 38.8 Å². The van der Waals surface area contributed by atoms with Crippen LogP contribution in [0.1, 0.15) is 24.2 Å². The first-order valence-corrected chi connectivity index (χ1v) is 8.64. The fourth-order valence-corrected chi connectivity index (χ4v) is 4.24. The molecule has 0 radical (unpaired) electrons. The summed E-state index contributed by atoms with van der Waals surface area (Å²) in [6.07, 6.45) is 2.44. The number of aromatic nitrogens is 2. The van der Waals surface area contributed by atoms with Crippen molar-refractivity contribution in [1.29, 1.82) is 0 Å². The van der Waals surface area contributed by atoms with Crippen molar-refractivity contribution >= 4 is 28.4 Å². The minimum absolute atomic E-state index is 0.725. The molecule has 1 aromatic heterocycles. The molecular weight excluding hydrogens is 286 g/mol. The smallest absolute Gasteiger partial charge is 0.205 e. The van der Waals surface area contributed by atoms with Gasteiger partial charge in [0.05, 0.1) is 0 Å². The second-order valence-electron chi connectivity index (χ2n) is 5.24.